The van der Waals surface area contributed by atoms with Crippen molar-refractivity contribution in [1.82, 2.24) is 10.3 Å². The summed E-state index contributed by atoms with van der Waals surface area (Å²) in [6.07, 6.45) is 2.61. The van der Waals surface area contributed by atoms with E-state index in [1.54, 1.807) is 13.8 Å². The van der Waals surface area contributed by atoms with Crippen molar-refractivity contribution >= 4 is 5.91 Å². The molecule has 5 heteroatoms. The standard InChI is InChI=1S/C10H14N2O3/c1-10(2,15)6-12-9(14)7-3-4-11-5-8(7)13/h3-5,13,15H,6H2,1-2H3,(H,12,14). The fourth-order valence-corrected chi connectivity index (χ4v) is 0.970. The summed E-state index contributed by atoms with van der Waals surface area (Å²) in [4.78, 5) is 15.2. The average molecular weight is 210 g/mol. The molecule has 0 aliphatic heterocycles. The highest BCUT2D eigenvalue weighted by Crippen LogP contribution is 2.13. The Kier molecular flexibility index (Phi) is 3.26. The molecule has 5 nitrogen and oxygen atoms in total. The lowest BCUT2D eigenvalue weighted by Gasteiger charge is -2.17. The van der Waals surface area contributed by atoms with Crippen molar-refractivity contribution in [3.63, 3.8) is 0 Å². The van der Waals surface area contributed by atoms with Crippen LogP contribution >= 0.6 is 0 Å². The number of hydrogen-bond acceptors (Lipinski definition) is 4. The van der Waals surface area contributed by atoms with Crippen LogP contribution in [0.1, 0.15) is 24.2 Å². The Bertz CT molecular complexity index is 358. The summed E-state index contributed by atoms with van der Waals surface area (Å²) >= 11 is 0. The van der Waals surface area contributed by atoms with Gasteiger partial charge in [0.1, 0.15) is 5.75 Å². The highest BCUT2D eigenvalue weighted by atomic mass is 16.3. The molecule has 0 saturated carbocycles. The van der Waals surface area contributed by atoms with Crippen LogP contribution in [-0.2, 0) is 0 Å². The molecule has 1 amide bonds. The summed E-state index contributed by atoms with van der Waals surface area (Å²) in [6.45, 7) is 3.28. The first kappa shape index (κ1) is 11.5. The maximum atomic E-state index is 11.5. The molecular formula is C10H14N2O3. The van der Waals surface area contributed by atoms with E-state index in [9.17, 15) is 15.0 Å². The van der Waals surface area contributed by atoms with Gasteiger partial charge in [-0.05, 0) is 19.9 Å². The molecule has 15 heavy (non-hydrogen) atoms. The van der Waals surface area contributed by atoms with Crippen LogP contribution in [0.25, 0.3) is 0 Å². The largest absolute Gasteiger partial charge is 0.505 e. The fraction of sp³-hybridized carbons (Fsp3) is 0.400. The number of nitrogens with one attached hydrogen (secondary N) is 1. The molecular weight excluding hydrogens is 196 g/mol. The molecule has 0 saturated heterocycles. The van der Waals surface area contributed by atoms with Gasteiger partial charge < -0.3 is 15.5 Å². The van der Waals surface area contributed by atoms with Crippen LogP contribution in [0.5, 0.6) is 5.75 Å². The van der Waals surface area contributed by atoms with Crippen molar-refractivity contribution in [2.75, 3.05) is 6.54 Å². The van der Waals surface area contributed by atoms with Crippen LogP contribution in [0.4, 0.5) is 0 Å². The maximum Gasteiger partial charge on any atom is 0.255 e. The van der Waals surface area contributed by atoms with Gasteiger partial charge >= 0.3 is 0 Å². The Balaban J connectivity index is 2.66. The number of hydrogen-bond donors (Lipinski definition) is 3. The minimum Gasteiger partial charge on any atom is -0.505 e. The van der Waals surface area contributed by atoms with E-state index in [0.29, 0.717) is 0 Å². The van der Waals surface area contributed by atoms with E-state index in [0.717, 1.165) is 0 Å². The molecule has 0 unspecified atom stereocenters. The van der Waals surface area contributed by atoms with Gasteiger partial charge in [-0.3, -0.25) is 9.78 Å². The van der Waals surface area contributed by atoms with Crippen molar-refractivity contribution in [3.8, 4) is 5.75 Å². The zero-order valence-electron chi connectivity index (χ0n) is 8.69. The van der Waals surface area contributed by atoms with E-state index in [2.05, 4.69) is 10.3 Å². The molecule has 0 atom stereocenters. The molecule has 0 aliphatic rings. The first-order valence-corrected chi connectivity index (χ1v) is 4.54. The molecule has 0 fully saturated rings. The second-order valence-electron chi connectivity index (χ2n) is 3.89. The predicted octanol–water partition coefficient (Wildman–Crippen LogP) is 0.288. The van der Waals surface area contributed by atoms with Crippen molar-refractivity contribution in [2.45, 2.75) is 19.4 Å². The number of aliphatic hydroxyl groups is 1. The van der Waals surface area contributed by atoms with E-state index in [4.69, 9.17) is 0 Å². The van der Waals surface area contributed by atoms with Gasteiger partial charge in [-0.2, -0.15) is 0 Å². The highest BCUT2D eigenvalue weighted by molar-refractivity contribution is 5.96. The third kappa shape index (κ3) is 3.55. The molecule has 3 N–H and O–H groups in total. The van der Waals surface area contributed by atoms with E-state index >= 15 is 0 Å². The number of aromatic nitrogens is 1. The Morgan fingerprint density at radius 1 is 1.60 bits per heavy atom. The van der Waals surface area contributed by atoms with Crippen molar-refractivity contribution in [2.24, 2.45) is 0 Å². The molecule has 0 spiro atoms. The smallest absolute Gasteiger partial charge is 0.255 e. The third-order valence-corrected chi connectivity index (χ3v) is 1.73. The third-order valence-electron chi connectivity index (χ3n) is 1.73. The Hall–Kier alpha value is -1.62. The van der Waals surface area contributed by atoms with Gasteiger partial charge in [0.2, 0.25) is 0 Å². The number of amides is 1. The molecule has 0 aromatic carbocycles. The number of nitrogens with zero attached hydrogens (tertiary/aromatic N) is 1. The van der Waals surface area contributed by atoms with Gasteiger partial charge in [0, 0.05) is 12.7 Å². The molecule has 0 bridgehead atoms. The topological polar surface area (TPSA) is 82.5 Å². The number of rotatable bonds is 3. The first-order valence-electron chi connectivity index (χ1n) is 4.54. The van der Waals surface area contributed by atoms with Gasteiger partial charge in [-0.1, -0.05) is 0 Å². The minimum atomic E-state index is -0.974. The summed E-state index contributed by atoms with van der Waals surface area (Å²) in [5, 5.41) is 21.2. The zero-order chi connectivity index (χ0) is 11.5. The molecule has 1 heterocycles. The normalized spacial score (nSPS) is 11.1. The predicted molar refractivity (Wildman–Crippen MR) is 54.5 cm³/mol. The zero-order valence-corrected chi connectivity index (χ0v) is 8.69. The van der Waals surface area contributed by atoms with Gasteiger partial charge in [-0.15, -0.1) is 0 Å². The van der Waals surface area contributed by atoms with Gasteiger partial charge in [0.25, 0.3) is 5.91 Å². The lowest BCUT2D eigenvalue weighted by Crippen LogP contribution is -2.38. The summed E-state index contributed by atoms with van der Waals surface area (Å²) in [5.74, 6) is -0.609. The molecule has 1 aromatic heterocycles. The van der Waals surface area contributed by atoms with Gasteiger partial charge in [-0.25, -0.2) is 0 Å². The van der Waals surface area contributed by atoms with Gasteiger partial charge in [0.05, 0.1) is 17.4 Å². The lowest BCUT2D eigenvalue weighted by molar-refractivity contribution is 0.0693. The van der Waals surface area contributed by atoms with E-state index in [1.165, 1.54) is 18.5 Å². The fourth-order valence-electron chi connectivity index (χ4n) is 0.970. The second-order valence-corrected chi connectivity index (χ2v) is 3.89. The van der Waals surface area contributed by atoms with E-state index < -0.39 is 11.5 Å². The molecule has 1 aromatic rings. The van der Waals surface area contributed by atoms with Crippen LogP contribution < -0.4 is 5.32 Å². The van der Waals surface area contributed by atoms with Crippen LogP contribution in [-0.4, -0.2) is 33.3 Å². The van der Waals surface area contributed by atoms with Crippen molar-refractivity contribution in [1.29, 1.82) is 0 Å². The van der Waals surface area contributed by atoms with Crippen molar-refractivity contribution < 1.29 is 15.0 Å². The van der Waals surface area contributed by atoms with Crippen LogP contribution in [0.2, 0.25) is 0 Å². The van der Waals surface area contributed by atoms with Gasteiger partial charge in [0.15, 0.2) is 0 Å². The van der Waals surface area contributed by atoms with Crippen LogP contribution in [0.3, 0.4) is 0 Å². The average Bonchev–Trinajstić information content (AvgIpc) is 2.14. The highest BCUT2D eigenvalue weighted by Gasteiger charge is 2.16. The Morgan fingerprint density at radius 2 is 2.27 bits per heavy atom. The number of carbonyl (C=O) groups is 1. The van der Waals surface area contributed by atoms with Crippen molar-refractivity contribution in [3.05, 3.63) is 24.0 Å². The monoisotopic (exact) mass is 210 g/mol. The second kappa shape index (κ2) is 4.27. The summed E-state index contributed by atoms with van der Waals surface area (Å²) in [7, 11) is 0. The molecule has 0 aliphatic carbocycles. The number of aromatic hydroxyl groups is 1. The molecule has 0 radical (unpaired) electrons. The number of carbonyl (C=O) groups excluding carboxylic acids is 1. The summed E-state index contributed by atoms with van der Waals surface area (Å²) < 4.78 is 0. The first-order chi connectivity index (χ1) is 6.90. The van der Waals surface area contributed by atoms with Crippen LogP contribution in [0.15, 0.2) is 18.5 Å². The summed E-state index contributed by atoms with van der Waals surface area (Å²) in [6, 6.07) is 1.41. The summed E-state index contributed by atoms with van der Waals surface area (Å²) in [5.41, 5.74) is -0.826. The van der Waals surface area contributed by atoms with E-state index in [-0.39, 0.29) is 17.9 Å². The SMILES string of the molecule is CC(C)(O)CNC(=O)c1ccncc1O. The number of pyridine rings is 1. The van der Waals surface area contributed by atoms with E-state index in [1.807, 2.05) is 0 Å². The lowest BCUT2D eigenvalue weighted by atomic mass is 10.1. The Morgan fingerprint density at radius 3 is 2.80 bits per heavy atom. The maximum absolute atomic E-state index is 11.5. The Labute approximate surface area is 87.8 Å². The minimum absolute atomic E-state index is 0.119. The molecule has 82 valence electrons. The van der Waals surface area contributed by atoms with Crippen LogP contribution in [0, 0.1) is 0 Å². The molecule has 1 rings (SSSR count). The quantitative estimate of drug-likeness (QED) is 0.669.